The van der Waals surface area contributed by atoms with Crippen LogP contribution in [0.25, 0.3) is 0 Å². The number of esters is 1. The number of carbonyl (C=O) groups excluding carboxylic acids is 2. The van der Waals surface area contributed by atoms with Crippen molar-refractivity contribution >= 4 is 12.0 Å². The van der Waals surface area contributed by atoms with E-state index < -0.39 is 5.54 Å². The normalized spacial score (nSPS) is 29.6. The molecule has 0 N–H and O–H groups in total. The summed E-state index contributed by atoms with van der Waals surface area (Å²) < 4.78 is 4.89. The zero-order valence-corrected chi connectivity index (χ0v) is 8.74. The number of carbonyl (C=O) groups is 1. The van der Waals surface area contributed by atoms with Gasteiger partial charge in [-0.3, -0.25) is 0 Å². The lowest BCUT2D eigenvalue weighted by Crippen LogP contribution is -2.27. The molecule has 14 heavy (non-hydrogen) atoms. The van der Waals surface area contributed by atoms with Crippen LogP contribution in [0.2, 0.25) is 0 Å². The van der Waals surface area contributed by atoms with E-state index in [0.29, 0.717) is 18.9 Å². The lowest BCUT2D eigenvalue weighted by atomic mass is 10.0. The summed E-state index contributed by atoms with van der Waals surface area (Å²) in [5.41, 5.74) is -0.911. The monoisotopic (exact) mass is 197 g/mol. The molecular formula is C10H15NO3. The van der Waals surface area contributed by atoms with Crippen LogP contribution >= 0.6 is 0 Å². The van der Waals surface area contributed by atoms with Gasteiger partial charge in [-0.2, -0.15) is 4.99 Å². The minimum absolute atomic E-state index is 0.128. The molecule has 0 heterocycles. The maximum absolute atomic E-state index is 11.5. The van der Waals surface area contributed by atoms with Gasteiger partial charge in [0.05, 0.1) is 6.61 Å². The Kier molecular flexibility index (Phi) is 3.06. The molecule has 4 heteroatoms. The van der Waals surface area contributed by atoms with E-state index in [1.807, 2.05) is 13.8 Å². The van der Waals surface area contributed by atoms with Crippen molar-refractivity contribution < 1.29 is 14.3 Å². The van der Waals surface area contributed by atoms with Crippen LogP contribution in [0.3, 0.4) is 0 Å². The van der Waals surface area contributed by atoms with Crippen molar-refractivity contribution in [2.75, 3.05) is 6.61 Å². The van der Waals surface area contributed by atoms with Crippen LogP contribution < -0.4 is 0 Å². The molecule has 0 saturated heterocycles. The number of aliphatic imine (C=N–C) groups is 1. The Bertz CT molecular complexity index is 281. The number of nitrogens with zero attached hydrogens (tertiary/aromatic N) is 1. The summed E-state index contributed by atoms with van der Waals surface area (Å²) in [6.45, 7) is 6.07. The van der Waals surface area contributed by atoms with E-state index in [2.05, 4.69) is 4.99 Å². The molecule has 0 radical (unpaired) electrons. The second kappa shape index (κ2) is 3.93. The summed E-state index contributed by atoms with van der Waals surface area (Å²) >= 11 is 0. The minimum atomic E-state index is -0.911. The van der Waals surface area contributed by atoms with Crippen LogP contribution in [0, 0.1) is 11.8 Å². The minimum Gasteiger partial charge on any atom is -0.464 e. The van der Waals surface area contributed by atoms with Gasteiger partial charge >= 0.3 is 5.97 Å². The first kappa shape index (κ1) is 10.9. The highest BCUT2D eigenvalue weighted by Crippen LogP contribution is 2.52. The Morgan fingerprint density at radius 2 is 2.36 bits per heavy atom. The Balaban J connectivity index is 2.77. The first-order valence-corrected chi connectivity index (χ1v) is 4.84. The third-order valence-corrected chi connectivity index (χ3v) is 2.66. The molecule has 1 fully saturated rings. The van der Waals surface area contributed by atoms with Crippen molar-refractivity contribution in [1.82, 2.24) is 0 Å². The van der Waals surface area contributed by atoms with Crippen LogP contribution in [-0.2, 0) is 14.3 Å². The van der Waals surface area contributed by atoms with Gasteiger partial charge in [-0.1, -0.05) is 13.8 Å². The van der Waals surface area contributed by atoms with E-state index >= 15 is 0 Å². The van der Waals surface area contributed by atoms with Crippen molar-refractivity contribution in [3.63, 3.8) is 0 Å². The van der Waals surface area contributed by atoms with Gasteiger partial charge in [0.25, 0.3) is 0 Å². The Hall–Kier alpha value is -1.15. The zero-order valence-electron chi connectivity index (χ0n) is 8.74. The van der Waals surface area contributed by atoms with Crippen LogP contribution in [-0.4, -0.2) is 24.2 Å². The summed E-state index contributed by atoms with van der Waals surface area (Å²) in [7, 11) is 0. The predicted octanol–water partition coefficient (Wildman–Crippen LogP) is 1.30. The van der Waals surface area contributed by atoms with Gasteiger partial charge in [-0.05, 0) is 19.3 Å². The zero-order chi connectivity index (χ0) is 10.8. The van der Waals surface area contributed by atoms with E-state index in [1.54, 1.807) is 6.92 Å². The van der Waals surface area contributed by atoms with Gasteiger partial charge in [-0.15, -0.1) is 0 Å². The molecule has 0 aromatic heterocycles. The molecule has 0 aromatic carbocycles. The van der Waals surface area contributed by atoms with E-state index in [9.17, 15) is 9.59 Å². The van der Waals surface area contributed by atoms with Crippen molar-refractivity contribution in [3.05, 3.63) is 0 Å². The maximum atomic E-state index is 11.5. The van der Waals surface area contributed by atoms with Crippen LogP contribution in [0.4, 0.5) is 0 Å². The smallest absolute Gasteiger partial charge is 0.335 e. The van der Waals surface area contributed by atoms with Crippen molar-refractivity contribution in [2.45, 2.75) is 32.7 Å². The molecule has 1 saturated carbocycles. The quantitative estimate of drug-likeness (QED) is 0.388. The maximum Gasteiger partial charge on any atom is 0.335 e. The summed E-state index contributed by atoms with van der Waals surface area (Å²) in [6.07, 6.45) is 2.08. The highest BCUT2D eigenvalue weighted by atomic mass is 16.5. The number of isocyanates is 1. The SMILES string of the molecule is CCOC(=O)C1(N=C=O)CC1C(C)C. The number of hydrogen-bond acceptors (Lipinski definition) is 4. The topological polar surface area (TPSA) is 55.7 Å². The summed E-state index contributed by atoms with van der Waals surface area (Å²) in [5, 5.41) is 0. The molecule has 1 aliphatic rings. The van der Waals surface area contributed by atoms with Crippen molar-refractivity contribution in [1.29, 1.82) is 0 Å². The molecule has 0 spiro atoms. The lowest BCUT2D eigenvalue weighted by molar-refractivity contribution is -0.146. The molecule has 1 aliphatic carbocycles. The van der Waals surface area contributed by atoms with Gasteiger partial charge in [-0.25, -0.2) is 9.59 Å². The second-order valence-corrected chi connectivity index (χ2v) is 3.90. The Morgan fingerprint density at radius 1 is 1.71 bits per heavy atom. The summed E-state index contributed by atoms with van der Waals surface area (Å²) in [5.74, 6) is 0.0709. The largest absolute Gasteiger partial charge is 0.464 e. The summed E-state index contributed by atoms with van der Waals surface area (Å²) in [4.78, 5) is 25.4. The highest BCUT2D eigenvalue weighted by Gasteiger charge is 2.63. The van der Waals surface area contributed by atoms with Gasteiger partial charge in [0.1, 0.15) is 0 Å². The fraction of sp³-hybridized carbons (Fsp3) is 0.800. The molecule has 1 rings (SSSR count). The van der Waals surface area contributed by atoms with Gasteiger partial charge in [0.2, 0.25) is 6.08 Å². The van der Waals surface area contributed by atoms with Gasteiger partial charge < -0.3 is 4.74 Å². The average molecular weight is 197 g/mol. The molecule has 2 atom stereocenters. The Morgan fingerprint density at radius 3 is 2.71 bits per heavy atom. The fourth-order valence-corrected chi connectivity index (χ4v) is 1.81. The van der Waals surface area contributed by atoms with Crippen molar-refractivity contribution in [3.8, 4) is 0 Å². The third kappa shape index (κ3) is 1.70. The first-order chi connectivity index (χ1) is 6.58. The second-order valence-electron chi connectivity index (χ2n) is 3.90. The Labute approximate surface area is 83.3 Å². The fourth-order valence-electron chi connectivity index (χ4n) is 1.81. The molecule has 2 unspecified atom stereocenters. The molecule has 78 valence electrons. The predicted molar refractivity (Wildman–Crippen MR) is 50.4 cm³/mol. The molecule has 0 amide bonds. The lowest BCUT2D eigenvalue weighted by Gasteiger charge is -2.10. The third-order valence-electron chi connectivity index (χ3n) is 2.66. The first-order valence-electron chi connectivity index (χ1n) is 4.84. The summed E-state index contributed by atoms with van der Waals surface area (Å²) in [6, 6.07) is 0. The van der Waals surface area contributed by atoms with E-state index in [-0.39, 0.29) is 11.9 Å². The number of rotatable bonds is 4. The van der Waals surface area contributed by atoms with Gasteiger partial charge in [0, 0.05) is 5.92 Å². The molecule has 0 aliphatic heterocycles. The molecule has 0 bridgehead atoms. The van der Waals surface area contributed by atoms with E-state index in [1.165, 1.54) is 6.08 Å². The van der Waals surface area contributed by atoms with Crippen LogP contribution in [0.1, 0.15) is 27.2 Å². The van der Waals surface area contributed by atoms with Crippen molar-refractivity contribution in [2.24, 2.45) is 16.8 Å². The van der Waals surface area contributed by atoms with E-state index in [4.69, 9.17) is 4.74 Å². The average Bonchev–Trinajstić information content (AvgIpc) is 2.82. The van der Waals surface area contributed by atoms with Crippen LogP contribution in [0.5, 0.6) is 0 Å². The standard InChI is InChI=1S/C10H15NO3/c1-4-14-9(13)10(11-6-12)5-8(10)7(2)3/h7-8H,4-5H2,1-3H3. The number of ether oxygens (including phenoxy) is 1. The molecule has 0 aromatic rings. The molecule has 4 nitrogen and oxygen atoms in total. The van der Waals surface area contributed by atoms with Crippen LogP contribution in [0.15, 0.2) is 4.99 Å². The molecular weight excluding hydrogens is 182 g/mol. The van der Waals surface area contributed by atoms with E-state index in [0.717, 1.165) is 0 Å². The number of hydrogen-bond donors (Lipinski definition) is 0. The highest BCUT2D eigenvalue weighted by molar-refractivity contribution is 5.86. The van der Waals surface area contributed by atoms with Gasteiger partial charge in [0.15, 0.2) is 5.54 Å².